The second-order valence-corrected chi connectivity index (χ2v) is 7.04. The fourth-order valence-electron chi connectivity index (χ4n) is 3.26. The fraction of sp³-hybridized carbons (Fsp3) is 0. The van der Waals surface area contributed by atoms with E-state index in [0.717, 1.165) is 11.3 Å². The largest absolute Gasteiger partial charge is 0.437 e. The molecule has 33 heavy (non-hydrogen) atoms. The lowest BCUT2D eigenvalue weighted by Crippen LogP contribution is -2.12. The van der Waals surface area contributed by atoms with Gasteiger partial charge >= 0.3 is 0 Å². The molecule has 3 aromatic heterocycles. The normalized spacial score (nSPS) is 10.5. The van der Waals surface area contributed by atoms with Gasteiger partial charge in [-0.15, -0.1) is 0 Å². The average molecular weight is 434 g/mol. The molecule has 5 rings (SSSR count). The molecule has 160 valence electrons. The highest BCUT2D eigenvalue weighted by molar-refractivity contribution is 6.08. The topological polar surface area (TPSA) is 94.8 Å². The van der Waals surface area contributed by atoms with Gasteiger partial charge in [-0.05, 0) is 36.4 Å². The zero-order valence-corrected chi connectivity index (χ0v) is 17.4. The quantitative estimate of drug-likeness (QED) is 0.414. The fourth-order valence-corrected chi connectivity index (χ4v) is 3.26. The predicted octanol–water partition coefficient (Wildman–Crippen LogP) is 4.77. The number of nitrogens with one attached hydrogen (secondary N) is 1. The van der Waals surface area contributed by atoms with Gasteiger partial charge in [0.1, 0.15) is 11.4 Å². The Hall–Kier alpha value is -4.85. The standard InChI is InChI=1S/C25H18N6O2/c32-25(29-19-7-4-10-21(14-19)33-23-16-27-12-13-28-23)22-17-31(20-8-2-1-3-9-20)30-24(22)18-6-5-11-26-15-18/h1-17H,(H,29,32). The van der Waals surface area contributed by atoms with Crippen molar-refractivity contribution in [2.75, 3.05) is 5.32 Å². The van der Waals surface area contributed by atoms with E-state index in [2.05, 4.69) is 25.4 Å². The Morgan fingerprint density at radius 3 is 2.55 bits per heavy atom. The van der Waals surface area contributed by atoms with Gasteiger partial charge in [0.15, 0.2) is 0 Å². The molecule has 2 aromatic carbocycles. The summed E-state index contributed by atoms with van der Waals surface area (Å²) in [5.74, 6) is 0.595. The lowest BCUT2D eigenvalue weighted by Gasteiger charge is -2.08. The molecule has 8 nitrogen and oxygen atoms in total. The highest BCUT2D eigenvalue weighted by Crippen LogP contribution is 2.26. The number of ether oxygens (including phenoxy) is 1. The number of para-hydroxylation sites is 1. The first-order valence-electron chi connectivity index (χ1n) is 10.2. The molecule has 0 bridgehead atoms. The minimum atomic E-state index is -0.298. The van der Waals surface area contributed by atoms with E-state index < -0.39 is 0 Å². The Balaban J connectivity index is 1.45. The lowest BCUT2D eigenvalue weighted by atomic mass is 10.1. The predicted molar refractivity (Wildman–Crippen MR) is 123 cm³/mol. The molecule has 0 spiro atoms. The van der Waals surface area contributed by atoms with Gasteiger partial charge in [-0.1, -0.05) is 24.3 Å². The van der Waals surface area contributed by atoms with E-state index in [4.69, 9.17) is 4.74 Å². The lowest BCUT2D eigenvalue weighted by molar-refractivity contribution is 0.102. The van der Waals surface area contributed by atoms with E-state index >= 15 is 0 Å². The van der Waals surface area contributed by atoms with Gasteiger partial charge in [-0.3, -0.25) is 14.8 Å². The van der Waals surface area contributed by atoms with Gasteiger partial charge in [0.2, 0.25) is 5.88 Å². The minimum absolute atomic E-state index is 0.298. The maximum absolute atomic E-state index is 13.3. The van der Waals surface area contributed by atoms with E-state index in [1.165, 1.54) is 6.20 Å². The third-order valence-corrected chi connectivity index (χ3v) is 4.77. The molecule has 0 aliphatic carbocycles. The number of pyridine rings is 1. The molecular formula is C25H18N6O2. The van der Waals surface area contributed by atoms with E-state index in [9.17, 15) is 4.79 Å². The molecule has 0 saturated carbocycles. The van der Waals surface area contributed by atoms with Crippen molar-refractivity contribution in [2.24, 2.45) is 0 Å². The maximum atomic E-state index is 13.3. The molecule has 1 N–H and O–H groups in total. The van der Waals surface area contributed by atoms with Crippen molar-refractivity contribution in [1.29, 1.82) is 0 Å². The number of nitrogens with zero attached hydrogens (tertiary/aromatic N) is 5. The number of rotatable bonds is 6. The van der Waals surface area contributed by atoms with Crippen LogP contribution in [0.5, 0.6) is 11.6 Å². The van der Waals surface area contributed by atoms with Crippen molar-refractivity contribution >= 4 is 11.6 Å². The summed E-state index contributed by atoms with van der Waals surface area (Å²) in [6, 6.07) is 20.4. The van der Waals surface area contributed by atoms with Crippen molar-refractivity contribution in [3.63, 3.8) is 0 Å². The van der Waals surface area contributed by atoms with Crippen LogP contribution >= 0.6 is 0 Å². The van der Waals surface area contributed by atoms with Crippen LogP contribution in [-0.4, -0.2) is 30.6 Å². The van der Waals surface area contributed by atoms with E-state index in [1.807, 2.05) is 42.5 Å². The van der Waals surface area contributed by atoms with Crippen molar-refractivity contribution in [3.8, 4) is 28.6 Å². The number of hydrogen-bond donors (Lipinski definition) is 1. The van der Waals surface area contributed by atoms with Crippen LogP contribution in [-0.2, 0) is 0 Å². The van der Waals surface area contributed by atoms with Gasteiger partial charge < -0.3 is 10.1 Å². The second kappa shape index (κ2) is 9.11. The van der Waals surface area contributed by atoms with Crippen molar-refractivity contribution in [3.05, 3.63) is 109 Å². The van der Waals surface area contributed by atoms with Gasteiger partial charge in [-0.2, -0.15) is 5.10 Å². The molecule has 0 saturated heterocycles. The molecule has 8 heteroatoms. The molecule has 0 radical (unpaired) electrons. The molecular weight excluding hydrogens is 416 g/mol. The number of carbonyl (C=O) groups excluding carboxylic acids is 1. The van der Waals surface area contributed by atoms with E-state index in [-0.39, 0.29) is 5.91 Å². The average Bonchev–Trinajstić information content (AvgIpc) is 3.32. The smallest absolute Gasteiger partial charge is 0.259 e. The summed E-state index contributed by atoms with van der Waals surface area (Å²) in [6.45, 7) is 0. The monoisotopic (exact) mass is 434 g/mol. The molecule has 0 fully saturated rings. The first-order valence-corrected chi connectivity index (χ1v) is 10.2. The number of anilines is 1. The van der Waals surface area contributed by atoms with Crippen LogP contribution in [0, 0.1) is 0 Å². The zero-order chi connectivity index (χ0) is 22.5. The summed E-state index contributed by atoms with van der Waals surface area (Å²) in [5.41, 5.74) is 3.13. The Kier molecular flexibility index (Phi) is 5.54. The number of amides is 1. The maximum Gasteiger partial charge on any atom is 0.259 e. The first-order chi connectivity index (χ1) is 16.3. The van der Waals surface area contributed by atoms with E-state index in [0.29, 0.717) is 28.6 Å². The van der Waals surface area contributed by atoms with Crippen LogP contribution in [0.2, 0.25) is 0 Å². The van der Waals surface area contributed by atoms with Crippen molar-refractivity contribution < 1.29 is 9.53 Å². The second-order valence-electron chi connectivity index (χ2n) is 7.04. The molecule has 0 unspecified atom stereocenters. The minimum Gasteiger partial charge on any atom is -0.437 e. The van der Waals surface area contributed by atoms with Crippen molar-refractivity contribution in [1.82, 2.24) is 24.7 Å². The Morgan fingerprint density at radius 1 is 0.879 bits per heavy atom. The number of benzene rings is 2. The first kappa shape index (κ1) is 20.1. The van der Waals surface area contributed by atoms with E-state index in [1.54, 1.807) is 59.9 Å². The molecule has 0 aliphatic rings. The molecule has 0 atom stereocenters. The van der Waals surface area contributed by atoms with Crippen LogP contribution in [0.15, 0.2) is 104 Å². The number of hydrogen-bond acceptors (Lipinski definition) is 6. The third-order valence-electron chi connectivity index (χ3n) is 4.77. The van der Waals surface area contributed by atoms with Gasteiger partial charge in [0.25, 0.3) is 5.91 Å². The molecule has 1 amide bonds. The summed E-state index contributed by atoms with van der Waals surface area (Å²) in [6.07, 6.45) is 9.71. The van der Waals surface area contributed by atoms with Crippen molar-refractivity contribution in [2.45, 2.75) is 0 Å². The van der Waals surface area contributed by atoms with Gasteiger partial charge in [0.05, 0.1) is 17.4 Å². The number of carbonyl (C=O) groups is 1. The summed E-state index contributed by atoms with van der Waals surface area (Å²) in [7, 11) is 0. The van der Waals surface area contributed by atoms with Gasteiger partial charge in [-0.25, -0.2) is 9.67 Å². The van der Waals surface area contributed by atoms with Crippen LogP contribution in [0.1, 0.15) is 10.4 Å². The molecule has 0 aliphatic heterocycles. The molecule has 5 aromatic rings. The third kappa shape index (κ3) is 4.59. The summed E-state index contributed by atoms with van der Waals surface area (Å²) >= 11 is 0. The summed E-state index contributed by atoms with van der Waals surface area (Å²) in [5, 5.41) is 7.59. The SMILES string of the molecule is O=C(Nc1cccc(Oc2cnccn2)c1)c1cn(-c2ccccc2)nc1-c1cccnc1. The Morgan fingerprint density at radius 2 is 1.76 bits per heavy atom. The van der Waals surface area contributed by atoms with Gasteiger partial charge in [0, 0.05) is 48.3 Å². The van der Waals surface area contributed by atoms with Crippen LogP contribution in [0.4, 0.5) is 5.69 Å². The zero-order valence-electron chi connectivity index (χ0n) is 17.4. The summed E-state index contributed by atoms with van der Waals surface area (Å²) < 4.78 is 7.40. The van der Waals surface area contributed by atoms with Crippen LogP contribution in [0.25, 0.3) is 16.9 Å². The van der Waals surface area contributed by atoms with Crippen LogP contribution in [0.3, 0.4) is 0 Å². The van der Waals surface area contributed by atoms with Crippen LogP contribution < -0.4 is 10.1 Å². The summed E-state index contributed by atoms with van der Waals surface area (Å²) in [4.78, 5) is 25.5. The number of aromatic nitrogens is 5. The highest BCUT2D eigenvalue weighted by Gasteiger charge is 2.19. The Labute approximate surface area is 189 Å². The molecule has 3 heterocycles. The Bertz CT molecular complexity index is 1370. The highest BCUT2D eigenvalue weighted by atomic mass is 16.5.